The number of urea groups is 1. The van der Waals surface area contributed by atoms with Crippen LogP contribution in [-0.2, 0) is 5.60 Å². The highest BCUT2D eigenvalue weighted by Gasteiger charge is 2.35. The summed E-state index contributed by atoms with van der Waals surface area (Å²) >= 11 is 0. The van der Waals surface area contributed by atoms with Gasteiger partial charge in [-0.25, -0.2) is 4.79 Å². The second-order valence-corrected chi connectivity index (χ2v) is 6.60. The van der Waals surface area contributed by atoms with Gasteiger partial charge in [0.2, 0.25) is 0 Å². The quantitative estimate of drug-likeness (QED) is 0.873. The van der Waals surface area contributed by atoms with Crippen LogP contribution >= 0.6 is 0 Å². The highest BCUT2D eigenvalue weighted by Crippen LogP contribution is 2.32. The third kappa shape index (κ3) is 4.45. The Morgan fingerprint density at radius 1 is 1.30 bits per heavy atom. The number of hydrogen-bond acceptors (Lipinski definition) is 3. The van der Waals surface area contributed by atoms with Crippen LogP contribution in [0, 0.1) is 0 Å². The van der Waals surface area contributed by atoms with Crippen molar-refractivity contribution in [1.29, 1.82) is 0 Å². The average Bonchev–Trinajstić information content (AvgIpc) is 2.56. The lowest BCUT2D eigenvalue weighted by atomic mass is 9.84. The number of likely N-dealkylation sites (tertiary alicyclic amines) is 1. The van der Waals surface area contributed by atoms with Gasteiger partial charge in [0, 0.05) is 25.7 Å². The number of carbonyl (C=O) groups excluding carboxylic acids is 1. The molecule has 23 heavy (non-hydrogen) atoms. The minimum atomic E-state index is -0.812. The minimum absolute atomic E-state index is 0.0274. The Morgan fingerprint density at radius 3 is 2.43 bits per heavy atom. The van der Waals surface area contributed by atoms with Crippen LogP contribution < -0.4 is 5.32 Å². The fourth-order valence-corrected chi connectivity index (χ4v) is 3.13. The molecule has 0 radical (unpaired) electrons. The maximum absolute atomic E-state index is 12.3. The minimum Gasteiger partial charge on any atom is -0.385 e. The zero-order chi connectivity index (χ0) is 16.9. The molecule has 1 aromatic carbocycles. The van der Waals surface area contributed by atoms with Gasteiger partial charge in [-0.3, -0.25) is 0 Å². The average molecular weight is 319 g/mol. The smallest absolute Gasteiger partial charge is 0.317 e. The van der Waals surface area contributed by atoms with E-state index in [1.165, 1.54) is 0 Å². The van der Waals surface area contributed by atoms with Gasteiger partial charge in [0.25, 0.3) is 0 Å². The van der Waals surface area contributed by atoms with Gasteiger partial charge < -0.3 is 20.2 Å². The normalized spacial score (nSPS) is 18.7. The maximum Gasteiger partial charge on any atom is 0.317 e. The summed E-state index contributed by atoms with van der Waals surface area (Å²) in [5.74, 6) is 0. The molecule has 1 atom stereocenters. The van der Waals surface area contributed by atoms with Crippen molar-refractivity contribution >= 4 is 6.03 Å². The number of carbonyl (C=O) groups is 1. The number of amides is 2. The predicted octanol–water partition coefficient (Wildman–Crippen LogP) is 2.02. The van der Waals surface area contributed by atoms with Crippen LogP contribution in [0.3, 0.4) is 0 Å². The number of benzene rings is 1. The molecule has 1 saturated heterocycles. The van der Waals surface area contributed by atoms with E-state index >= 15 is 0 Å². The number of aliphatic hydroxyl groups is 1. The van der Waals surface area contributed by atoms with Crippen LogP contribution in [0.4, 0.5) is 4.79 Å². The van der Waals surface area contributed by atoms with E-state index in [1.54, 1.807) is 4.90 Å². The van der Waals surface area contributed by atoms with Crippen molar-refractivity contribution in [3.63, 3.8) is 0 Å². The van der Waals surface area contributed by atoms with Gasteiger partial charge in [-0.05, 0) is 38.9 Å². The highest BCUT2D eigenvalue weighted by atomic mass is 16.3. The summed E-state index contributed by atoms with van der Waals surface area (Å²) < 4.78 is 0. The molecule has 1 heterocycles. The second-order valence-electron chi connectivity index (χ2n) is 6.60. The zero-order valence-corrected chi connectivity index (χ0v) is 14.5. The molecule has 1 aliphatic heterocycles. The molecule has 0 spiro atoms. The fraction of sp³-hybridized carbons (Fsp3) is 0.611. The van der Waals surface area contributed by atoms with E-state index in [0.717, 1.165) is 12.0 Å². The Hall–Kier alpha value is -1.59. The standard InChI is InChI=1S/C18H29N3O2/c1-4-16(20(2)3)14-19-17(22)21-12-10-18(23,11-13-21)15-8-6-5-7-9-15/h5-9,16,23H,4,10-14H2,1-3H3,(H,19,22). The van der Waals surface area contributed by atoms with Gasteiger partial charge in [-0.1, -0.05) is 37.3 Å². The number of rotatable bonds is 5. The van der Waals surface area contributed by atoms with Crippen LogP contribution in [-0.4, -0.2) is 60.7 Å². The van der Waals surface area contributed by atoms with Gasteiger partial charge in [0.1, 0.15) is 0 Å². The zero-order valence-electron chi connectivity index (χ0n) is 14.5. The molecule has 1 aromatic rings. The summed E-state index contributed by atoms with van der Waals surface area (Å²) in [7, 11) is 4.06. The fourth-order valence-electron chi connectivity index (χ4n) is 3.13. The number of nitrogens with one attached hydrogen (secondary N) is 1. The second kappa shape index (κ2) is 7.79. The Balaban J connectivity index is 1.85. The molecule has 0 aromatic heterocycles. The van der Waals surface area contributed by atoms with Crippen molar-refractivity contribution in [2.24, 2.45) is 0 Å². The van der Waals surface area contributed by atoms with Crippen LogP contribution in [0.2, 0.25) is 0 Å². The van der Waals surface area contributed by atoms with E-state index in [9.17, 15) is 9.90 Å². The Labute approximate surface area is 139 Å². The SMILES string of the molecule is CCC(CNC(=O)N1CCC(O)(c2ccccc2)CC1)N(C)C. The molecule has 1 unspecified atom stereocenters. The lowest BCUT2D eigenvalue weighted by molar-refractivity contribution is -0.0168. The van der Waals surface area contributed by atoms with Crippen molar-refractivity contribution in [2.75, 3.05) is 33.7 Å². The molecule has 0 bridgehead atoms. The molecule has 1 aliphatic rings. The summed E-state index contributed by atoms with van der Waals surface area (Å²) in [6.07, 6.45) is 2.16. The van der Waals surface area contributed by atoms with Crippen LogP contribution in [0.15, 0.2) is 30.3 Å². The lowest BCUT2D eigenvalue weighted by Crippen LogP contribution is -2.50. The molecule has 5 heteroatoms. The molecule has 2 amide bonds. The van der Waals surface area contributed by atoms with Crippen molar-refractivity contribution in [1.82, 2.24) is 15.1 Å². The van der Waals surface area contributed by atoms with Gasteiger partial charge >= 0.3 is 6.03 Å². The lowest BCUT2D eigenvalue weighted by Gasteiger charge is -2.38. The third-order valence-corrected chi connectivity index (χ3v) is 4.88. The molecule has 2 N–H and O–H groups in total. The van der Waals surface area contributed by atoms with E-state index in [-0.39, 0.29) is 6.03 Å². The maximum atomic E-state index is 12.3. The van der Waals surface area contributed by atoms with Crippen molar-refractivity contribution < 1.29 is 9.90 Å². The van der Waals surface area contributed by atoms with Gasteiger partial charge in [0.15, 0.2) is 0 Å². The van der Waals surface area contributed by atoms with Crippen LogP contribution in [0.1, 0.15) is 31.7 Å². The van der Waals surface area contributed by atoms with Crippen molar-refractivity contribution in [3.8, 4) is 0 Å². The van der Waals surface area contributed by atoms with E-state index < -0.39 is 5.60 Å². The largest absolute Gasteiger partial charge is 0.385 e. The Kier molecular flexibility index (Phi) is 6.02. The van der Waals surface area contributed by atoms with E-state index in [4.69, 9.17) is 0 Å². The summed E-state index contributed by atoms with van der Waals surface area (Å²) in [6, 6.07) is 10.1. The molecular formula is C18H29N3O2. The molecule has 0 aliphatic carbocycles. The topological polar surface area (TPSA) is 55.8 Å². The van der Waals surface area contributed by atoms with E-state index in [1.807, 2.05) is 44.4 Å². The summed E-state index contributed by atoms with van der Waals surface area (Å²) in [6.45, 7) is 3.94. The van der Waals surface area contributed by atoms with Crippen LogP contribution in [0.25, 0.3) is 0 Å². The monoisotopic (exact) mass is 319 g/mol. The molecule has 128 valence electrons. The first-order chi connectivity index (χ1) is 11.0. The molecule has 2 rings (SSSR count). The van der Waals surface area contributed by atoms with E-state index in [2.05, 4.69) is 17.1 Å². The first kappa shape index (κ1) is 17.8. The number of piperidine rings is 1. The van der Waals surface area contributed by atoms with Gasteiger partial charge in [-0.2, -0.15) is 0 Å². The highest BCUT2D eigenvalue weighted by molar-refractivity contribution is 5.74. The molecule has 0 saturated carbocycles. The first-order valence-corrected chi connectivity index (χ1v) is 8.43. The third-order valence-electron chi connectivity index (χ3n) is 4.88. The molecule has 5 nitrogen and oxygen atoms in total. The number of nitrogens with zero attached hydrogens (tertiary/aromatic N) is 2. The van der Waals surface area contributed by atoms with Crippen LogP contribution in [0.5, 0.6) is 0 Å². The number of likely N-dealkylation sites (N-methyl/N-ethyl adjacent to an activating group) is 1. The predicted molar refractivity (Wildman–Crippen MR) is 92.3 cm³/mol. The molecule has 1 fully saturated rings. The van der Waals surface area contributed by atoms with Gasteiger partial charge in [-0.15, -0.1) is 0 Å². The summed E-state index contributed by atoms with van der Waals surface area (Å²) in [5.41, 5.74) is 0.131. The Bertz CT molecular complexity index is 496. The summed E-state index contributed by atoms with van der Waals surface area (Å²) in [5, 5.41) is 13.8. The van der Waals surface area contributed by atoms with Crippen molar-refractivity contribution in [2.45, 2.75) is 37.8 Å². The first-order valence-electron chi connectivity index (χ1n) is 8.43. The number of hydrogen-bond donors (Lipinski definition) is 2. The summed E-state index contributed by atoms with van der Waals surface area (Å²) in [4.78, 5) is 16.2. The van der Waals surface area contributed by atoms with Crippen molar-refractivity contribution in [3.05, 3.63) is 35.9 Å². The van der Waals surface area contributed by atoms with E-state index in [0.29, 0.717) is 38.5 Å². The Morgan fingerprint density at radius 2 is 1.91 bits per heavy atom. The van der Waals surface area contributed by atoms with Gasteiger partial charge in [0.05, 0.1) is 5.60 Å². The molecular weight excluding hydrogens is 290 g/mol.